The van der Waals surface area contributed by atoms with Gasteiger partial charge in [-0.25, -0.2) is 14.8 Å². The molecule has 0 atom stereocenters. The van der Waals surface area contributed by atoms with Crippen molar-refractivity contribution in [2.75, 3.05) is 11.9 Å². The van der Waals surface area contributed by atoms with Crippen LogP contribution in [0.25, 0.3) is 22.3 Å². The molecule has 6 nitrogen and oxygen atoms in total. The highest BCUT2D eigenvalue weighted by Crippen LogP contribution is 2.29. The summed E-state index contributed by atoms with van der Waals surface area (Å²) in [5, 5.41) is 11.8. The van der Waals surface area contributed by atoms with E-state index in [4.69, 9.17) is 0 Å². The van der Waals surface area contributed by atoms with Gasteiger partial charge in [-0.2, -0.15) is 13.2 Å². The number of carboxylic acid groups (broad SMARTS) is 1. The van der Waals surface area contributed by atoms with Gasteiger partial charge < -0.3 is 15.4 Å². The molecule has 0 aliphatic heterocycles. The van der Waals surface area contributed by atoms with Gasteiger partial charge in [-0.15, -0.1) is 0 Å². The number of aromatic nitrogens is 3. The summed E-state index contributed by atoms with van der Waals surface area (Å²) in [6, 6.07) is 6.17. The second-order valence-corrected chi connectivity index (χ2v) is 5.00. The standard InChI is InChI=1S/C15H11F3N4O2/c16-15(17,18)6-20-9-3-1-2-8(4-9)12-11-10(14(23)24)5-19-13(11)22-7-21-12/h1-5,7,20H,6H2,(H,23,24)(H,19,21,22). The fraction of sp³-hybridized carbons (Fsp3) is 0.133. The van der Waals surface area contributed by atoms with Crippen molar-refractivity contribution in [3.63, 3.8) is 0 Å². The van der Waals surface area contributed by atoms with Gasteiger partial charge >= 0.3 is 12.1 Å². The van der Waals surface area contributed by atoms with E-state index >= 15 is 0 Å². The van der Waals surface area contributed by atoms with Crippen molar-refractivity contribution in [3.05, 3.63) is 42.4 Å². The first kappa shape index (κ1) is 15.8. The summed E-state index contributed by atoms with van der Waals surface area (Å²) in [6.07, 6.45) is -1.78. The number of H-pyrrole nitrogens is 1. The Morgan fingerprint density at radius 3 is 2.79 bits per heavy atom. The van der Waals surface area contributed by atoms with E-state index in [-0.39, 0.29) is 11.3 Å². The number of carbonyl (C=O) groups is 1. The van der Waals surface area contributed by atoms with Crippen LogP contribution >= 0.6 is 0 Å². The predicted molar refractivity (Wildman–Crippen MR) is 80.8 cm³/mol. The van der Waals surface area contributed by atoms with Crippen molar-refractivity contribution in [2.45, 2.75) is 6.18 Å². The highest BCUT2D eigenvalue weighted by Gasteiger charge is 2.26. The number of hydrogen-bond donors (Lipinski definition) is 3. The summed E-state index contributed by atoms with van der Waals surface area (Å²) in [6.45, 7) is -1.17. The third-order valence-corrected chi connectivity index (χ3v) is 3.33. The van der Waals surface area contributed by atoms with Crippen LogP contribution in [0.1, 0.15) is 10.4 Å². The van der Waals surface area contributed by atoms with Gasteiger partial charge in [0.05, 0.1) is 16.6 Å². The van der Waals surface area contributed by atoms with E-state index in [0.29, 0.717) is 22.3 Å². The molecular formula is C15H11F3N4O2. The Kier molecular flexibility index (Phi) is 3.84. The SMILES string of the molecule is O=C(O)c1c[nH]c2ncnc(-c3cccc(NCC(F)(F)F)c3)c12. The number of nitrogens with one attached hydrogen (secondary N) is 2. The molecule has 0 amide bonds. The number of alkyl halides is 3. The molecule has 9 heteroatoms. The Labute approximate surface area is 133 Å². The zero-order valence-electron chi connectivity index (χ0n) is 12.1. The smallest absolute Gasteiger partial charge is 0.405 e. The van der Waals surface area contributed by atoms with Crippen LogP contribution in [0.15, 0.2) is 36.8 Å². The van der Waals surface area contributed by atoms with Gasteiger partial charge in [-0.3, -0.25) is 0 Å². The molecule has 3 N–H and O–H groups in total. The minimum Gasteiger partial charge on any atom is -0.478 e. The average Bonchev–Trinajstić information content (AvgIpc) is 2.97. The minimum absolute atomic E-state index is 0.00532. The molecule has 0 saturated carbocycles. The number of hydrogen-bond acceptors (Lipinski definition) is 4. The first-order valence-corrected chi connectivity index (χ1v) is 6.81. The van der Waals surface area contributed by atoms with Crippen LogP contribution in [0, 0.1) is 0 Å². The molecule has 0 aliphatic rings. The zero-order chi connectivity index (χ0) is 17.3. The van der Waals surface area contributed by atoms with Gasteiger partial charge in [0.25, 0.3) is 0 Å². The molecule has 124 valence electrons. The lowest BCUT2D eigenvalue weighted by molar-refractivity contribution is -0.115. The normalized spacial score (nSPS) is 11.6. The Balaban J connectivity index is 2.05. The topological polar surface area (TPSA) is 90.9 Å². The lowest BCUT2D eigenvalue weighted by Gasteiger charge is -2.11. The molecule has 2 aromatic heterocycles. The quantitative estimate of drug-likeness (QED) is 0.680. The summed E-state index contributed by atoms with van der Waals surface area (Å²) in [7, 11) is 0. The van der Waals surface area contributed by atoms with Crippen LogP contribution in [0.2, 0.25) is 0 Å². The van der Waals surface area contributed by atoms with Gasteiger partial charge in [0.1, 0.15) is 18.5 Å². The summed E-state index contributed by atoms with van der Waals surface area (Å²) < 4.78 is 37.0. The number of carboxylic acids is 1. The number of rotatable bonds is 4. The van der Waals surface area contributed by atoms with E-state index < -0.39 is 18.7 Å². The second-order valence-electron chi connectivity index (χ2n) is 5.00. The Morgan fingerprint density at radius 2 is 2.08 bits per heavy atom. The van der Waals surface area contributed by atoms with E-state index in [1.54, 1.807) is 12.1 Å². The molecular weight excluding hydrogens is 325 g/mol. The molecule has 0 saturated heterocycles. The molecule has 3 rings (SSSR count). The number of benzene rings is 1. The molecule has 3 aromatic rings. The van der Waals surface area contributed by atoms with Gasteiger partial charge in [0.2, 0.25) is 0 Å². The van der Waals surface area contributed by atoms with Gasteiger partial charge in [0.15, 0.2) is 0 Å². The number of nitrogens with zero attached hydrogens (tertiary/aromatic N) is 2. The van der Waals surface area contributed by atoms with E-state index in [2.05, 4.69) is 20.3 Å². The third kappa shape index (κ3) is 3.14. The van der Waals surface area contributed by atoms with Crippen LogP contribution in [-0.4, -0.2) is 38.7 Å². The average molecular weight is 336 g/mol. The van der Waals surface area contributed by atoms with Crippen molar-refractivity contribution in [1.29, 1.82) is 0 Å². The number of anilines is 1. The Hall–Kier alpha value is -3.10. The molecule has 2 heterocycles. The molecule has 0 aliphatic carbocycles. The van der Waals surface area contributed by atoms with E-state index in [1.807, 2.05) is 0 Å². The van der Waals surface area contributed by atoms with E-state index in [0.717, 1.165) is 0 Å². The first-order valence-electron chi connectivity index (χ1n) is 6.81. The highest BCUT2D eigenvalue weighted by atomic mass is 19.4. The monoisotopic (exact) mass is 336 g/mol. The molecule has 24 heavy (non-hydrogen) atoms. The molecule has 0 spiro atoms. The lowest BCUT2D eigenvalue weighted by Crippen LogP contribution is -2.21. The van der Waals surface area contributed by atoms with Gasteiger partial charge in [-0.05, 0) is 12.1 Å². The maximum Gasteiger partial charge on any atom is 0.405 e. The van der Waals surface area contributed by atoms with Crippen LogP contribution in [0.4, 0.5) is 18.9 Å². The number of aromatic amines is 1. The van der Waals surface area contributed by atoms with E-state index in [1.165, 1.54) is 24.7 Å². The van der Waals surface area contributed by atoms with Crippen molar-refractivity contribution in [1.82, 2.24) is 15.0 Å². The van der Waals surface area contributed by atoms with Crippen molar-refractivity contribution < 1.29 is 23.1 Å². The molecule has 0 unspecified atom stereocenters. The number of halogens is 3. The largest absolute Gasteiger partial charge is 0.478 e. The fourth-order valence-electron chi connectivity index (χ4n) is 2.33. The van der Waals surface area contributed by atoms with Crippen LogP contribution < -0.4 is 5.32 Å². The highest BCUT2D eigenvalue weighted by molar-refractivity contribution is 6.07. The summed E-state index contributed by atoms with van der Waals surface area (Å²) in [5.74, 6) is -1.15. The van der Waals surface area contributed by atoms with Gasteiger partial charge in [0, 0.05) is 17.4 Å². The first-order chi connectivity index (χ1) is 11.3. The van der Waals surface area contributed by atoms with Crippen LogP contribution in [0.3, 0.4) is 0 Å². The van der Waals surface area contributed by atoms with Crippen molar-refractivity contribution in [3.8, 4) is 11.3 Å². The lowest BCUT2D eigenvalue weighted by atomic mass is 10.1. The second kappa shape index (κ2) is 5.84. The molecule has 0 radical (unpaired) electrons. The van der Waals surface area contributed by atoms with Crippen molar-refractivity contribution in [2.24, 2.45) is 0 Å². The third-order valence-electron chi connectivity index (χ3n) is 3.33. The maximum absolute atomic E-state index is 12.3. The Bertz CT molecular complexity index is 905. The van der Waals surface area contributed by atoms with Crippen LogP contribution in [-0.2, 0) is 0 Å². The number of aromatic carboxylic acids is 1. The number of fused-ring (bicyclic) bond motifs is 1. The van der Waals surface area contributed by atoms with Crippen LogP contribution in [0.5, 0.6) is 0 Å². The summed E-state index contributed by atoms with van der Waals surface area (Å²) >= 11 is 0. The minimum atomic E-state index is -4.34. The maximum atomic E-state index is 12.3. The van der Waals surface area contributed by atoms with E-state index in [9.17, 15) is 23.1 Å². The molecule has 0 bridgehead atoms. The predicted octanol–water partition coefficient (Wildman–Crippen LogP) is 3.30. The Morgan fingerprint density at radius 1 is 1.29 bits per heavy atom. The summed E-state index contributed by atoms with van der Waals surface area (Å²) in [4.78, 5) is 22.1. The zero-order valence-corrected chi connectivity index (χ0v) is 12.1. The molecule has 0 fully saturated rings. The van der Waals surface area contributed by atoms with Gasteiger partial charge in [-0.1, -0.05) is 12.1 Å². The molecule has 1 aromatic carbocycles. The fourth-order valence-corrected chi connectivity index (χ4v) is 2.33. The van der Waals surface area contributed by atoms with Crippen molar-refractivity contribution >= 4 is 22.7 Å². The summed E-state index contributed by atoms with van der Waals surface area (Å²) in [5.41, 5.74) is 1.40.